The number of benzene rings is 3. The number of H-pyrrole nitrogens is 1. The molecule has 0 aliphatic rings. The first-order valence-electron chi connectivity index (χ1n) is 9.74. The number of imidazole rings is 1. The van der Waals surface area contributed by atoms with Crippen molar-refractivity contribution in [1.29, 1.82) is 0 Å². The van der Waals surface area contributed by atoms with E-state index >= 15 is 0 Å². The molecule has 0 bridgehead atoms. The Hall–Kier alpha value is -2.95. The van der Waals surface area contributed by atoms with Crippen LogP contribution < -0.4 is 11.0 Å². The quantitative estimate of drug-likeness (QED) is 0.371. The van der Waals surface area contributed by atoms with Gasteiger partial charge >= 0.3 is 5.69 Å². The molecule has 4 rings (SSSR count). The first kappa shape index (κ1) is 20.3. The zero-order valence-electron chi connectivity index (χ0n) is 16.5. The van der Waals surface area contributed by atoms with E-state index in [1.54, 1.807) is 22.8 Å². The molecule has 0 saturated heterocycles. The van der Waals surface area contributed by atoms with Crippen molar-refractivity contribution in [1.82, 2.24) is 9.55 Å². The lowest BCUT2D eigenvalue weighted by Gasteiger charge is -2.12. The molecule has 4 nitrogen and oxygen atoms in total. The van der Waals surface area contributed by atoms with Crippen molar-refractivity contribution in [3.63, 3.8) is 0 Å². The molecule has 0 amide bonds. The molecule has 0 radical (unpaired) electrons. The van der Waals surface area contributed by atoms with Crippen molar-refractivity contribution in [3.8, 4) is 16.9 Å². The molecule has 152 valence electrons. The van der Waals surface area contributed by atoms with E-state index in [4.69, 9.17) is 23.2 Å². The van der Waals surface area contributed by atoms with Gasteiger partial charge in [-0.1, -0.05) is 84.7 Å². The van der Waals surface area contributed by atoms with Gasteiger partial charge in [-0.3, -0.25) is 9.55 Å². The summed E-state index contributed by atoms with van der Waals surface area (Å²) in [4.78, 5) is 15.9. The number of hydrogen-bond donors (Lipinski definition) is 2. The molecule has 0 atom stereocenters. The fourth-order valence-corrected chi connectivity index (χ4v) is 3.68. The van der Waals surface area contributed by atoms with Gasteiger partial charge in [-0.15, -0.1) is 0 Å². The zero-order chi connectivity index (χ0) is 21.1. The summed E-state index contributed by atoms with van der Waals surface area (Å²) in [6.45, 7) is 2.70. The molecule has 4 aromatic rings. The number of aromatic nitrogens is 2. The minimum absolute atomic E-state index is 0.251. The maximum atomic E-state index is 13.0. The predicted octanol–water partition coefficient (Wildman–Crippen LogP) is 6.31. The third-order valence-electron chi connectivity index (χ3n) is 5.00. The van der Waals surface area contributed by atoms with Crippen LogP contribution in [-0.2, 0) is 13.0 Å². The van der Waals surface area contributed by atoms with Gasteiger partial charge in [-0.05, 0) is 35.7 Å². The van der Waals surface area contributed by atoms with E-state index in [0.717, 1.165) is 23.2 Å². The molecule has 0 saturated carbocycles. The Bertz CT molecular complexity index is 1210. The summed E-state index contributed by atoms with van der Waals surface area (Å²) in [6, 6.07) is 23.4. The van der Waals surface area contributed by atoms with Crippen molar-refractivity contribution in [2.24, 2.45) is 0 Å². The van der Waals surface area contributed by atoms with Gasteiger partial charge in [0.05, 0.1) is 21.4 Å². The van der Waals surface area contributed by atoms with Crippen LogP contribution in [0.2, 0.25) is 10.0 Å². The summed E-state index contributed by atoms with van der Waals surface area (Å²) in [6.07, 6.45) is 0.951. The second-order valence-electron chi connectivity index (χ2n) is 6.98. The highest BCUT2D eigenvalue weighted by Gasteiger charge is 2.18. The van der Waals surface area contributed by atoms with Gasteiger partial charge in [0.15, 0.2) is 0 Å². The van der Waals surface area contributed by atoms with E-state index in [1.165, 1.54) is 5.56 Å². The molecule has 0 fully saturated rings. The number of aromatic amines is 1. The Kier molecular flexibility index (Phi) is 5.98. The third-order valence-corrected chi connectivity index (χ3v) is 5.74. The number of hydrogen-bond acceptors (Lipinski definition) is 2. The van der Waals surface area contributed by atoms with Crippen LogP contribution in [0.4, 0.5) is 5.82 Å². The lowest BCUT2D eigenvalue weighted by atomic mass is 10.1. The first-order valence-corrected chi connectivity index (χ1v) is 10.5. The smallest absolute Gasteiger partial charge is 0.332 e. The largest absolute Gasteiger partial charge is 0.366 e. The minimum Gasteiger partial charge on any atom is -0.366 e. The number of halogens is 2. The highest BCUT2D eigenvalue weighted by atomic mass is 35.5. The van der Waals surface area contributed by atoms with Gasteiger partial charge in [0, 0.05) is 12.1 Å². The normalized spacial score (nSPS) is 10.9. The Morgan fingerprint density at radius 2 is 1.63 bits per heavy atom. The maximum Gasteiger partial charge on any atom is 0.332 e. The molecule has 0 aliphatic carbocycles. The molecule has 30 heavy (non-hydrogen) atoms. The van der Waals surface area contributed by atoms with E-state index in [1.807, 2.05) is 42.5 Å². The summed E-state index contributed by atoms with van der Waals surface area (Å²) in [7, 11) is 0. The fourth-order valence-electron chi connectivity index (χ4n) is 3.39. The maximum absolute atomic E-state index is 13.0. The SMILES string of the molecule is CCc1ccc(-c2c(NCc3ccccc3)[nH]c(=O)n2-c2ccc(Cl)c(Cl)c2)cc1. The van der Waals surface area contributed by atoms with Crippen molar-refractivity contribution >= 4 is 29.0 Å². The number of aryl methyl sites for hydroxylation is 1. The Morgan fingerprint density at radius 3 is 2.30 bits per heavy atom. The molecular weight excluding hydrogens is 417 g/mol. The number of nitrogens with one attached hydrogen (secondary N) is 2. The van der Waals surface area contributed by atoms with Crippen molar-refractivity contribution < 1.29 is 0 Å². The van der Waals surface area contributed by atoms with Crippen molar-refractivity contribution in [2.45, 2.75) is 19.9 Å². The Labute approximate surface area is 185 Å². The molecule has 0 unspecified atom stereocenters. The average Bonchev–Trinajstić information content (AvgIpc) is 3.11. The van der Waals surface area contributed by atoms with Gasteiger partial charge in [0.1, 0.15) is 5.82 Å². The van der Waals surface area contributed by atoms with Crippen LogP contribution in [0.15, 0.2) is 77.6 Å². The molecule has 0 aliphatic heterocycles. The van der Waals surface area contributed by atoms with E-state index < -0.39 is 0 Å². The molecule has 2 N–H and O–H groups in total. The molecule has 1 aromatic heterocycles. The van der Waals surface area contributed by atoms with Gasteiger partial charge in [-0.2, -0.15) is 0 Å². The molecule has 3 aromatic carbocycles. The van der Waals surface area contributed by atoms with Crippen LogP contribution in [-0.4, -0.2) is 9.55 Å². The lowest BCUT2D eigenvalue weighted by molar-refractivity contribution is 0.992. The van der Waals surface area contributed by atoms with Gasteiger partial charge in [0.2, 0.25) is 0 Å². The van der Waals surface area contributed by atoms with Gasteiger partial charge < -0.3 is 5.32 Å². The van der Waals surface area contributed by atoms with Crippen molar-refractivity contribution in [3.05, 3.63) is 104 Å². The van der Waals surface area contributed by atoms with E-state index in [-0.39, 0.29) is 5.69 Å². The third kappa shape index (κ3) is 4.16. The standard InChI is InChI=1S/C24H21Cl2N3O/c1-2-16-8-10-18(11-9-16)22-23(27-15-17-6-4-3-5-7-17)28-24(30)29(22)19-12-13-20(25)21(26)14-19/h3-14,27H,2,15H2,1H3,(H,28,30). The predicted molar refractivity (Wildman–Crippen MR) is 125 cm³/mol. The molecule has 6 heteroatoms. The first-order chi connectivity index (χ1) is 14.6. The second kappa shape index (κ2) is 8.82. The van der Waals surface area contributed by atoms with Crippen LogP contribution in [0, 0.1) is 0 Å². The van der Waals surface area contributed by atoms with Gasteiger partial charge in [0.25, 0.3) is 0 Å². The molecule has 0 spiro atoms. The Morgan fingerprint density at radius 1 is 0.900 bits per heavy atom. The number of rotatable bonds is 6. The number of anilines is 1. The molecular formula is C24H21Cl2N3O. The average molecular weight is 438 g/mol. The van der Waals surface area contributed by atoms with Crippen LogP contribution in [0.3, 0.4) is 0 Å². The highest BCUT2D eigenvalue weighted by Crippen LogP contribution is 2.31. The summed E-state index contributed by atoms with van der Waals surface area (Å²) < 4.78 is 1.62. The lowest BCUT2D eigenvalue weighted by Crippen LogP contribution is -2.15. The van der Waals surface area contributed by atoms with E-state index in [2.05, 4.69) is 29.4 Å². The zero-order valence-corrected chi connectivity index (χ0v) is 18.0. The highest BCUT2D eigenvalue weighted by molar-refractivity contribution is 6.42. The van der Waals surface area contributed by atoms with Crippen molar-refractivity contribution in [2.75, 3.05) is 5.32 Å². The topological polar surface area (TPSA) is 49.8 Å². The van der Waals surface area contributed by atoms with Crippen LogP contribution in [0.25, 0.3) is 16.9 Å². The second-order valence-corrected chi connectivity index (χ2v) is 7.79. The fraction of sp³-hybridized carbons (Fsp3) is 0.125. The molecule has 1 heterocycles. The summed E-state index contributed by atoms with van der Waals surface area (Å²) in [5.41, 5.74) is 4.42. The van der Waals surface area contributed by atoms with Crippen LogP contribution >= 0.6 is 23.2 Å². The summed E-state index contributed by atoms with van der Waals surface area (Å²) >= 11 is 12.3. The van der Waals surface area contributed by atoms with Gasteiger partial charge in [-0.25, -0.2) is 4.79 Å². The van der Waals surface area contributed by atoms with E-state index in [0.29, 0.717) is 28.1 Å². The van der Waals surface area contributed by atoms with E-state index in [9.17, 15) is 4.79 Å². The van der Waals surface area contributed by atoms with Crippen LogP contribution in [0.5, 0.6) is 0 Å². The Balaban J connectivity index is 1.83. The number of nitrogens with zero attached hydrogens (tertiary/aromatic N) is 1. The summed E-state index contributed by atoms with van der Waals surface area (Å²) in [5, 5.41) is 4.22. The summed E-state index contributed by atoms with van der Waals surface area (Å²) in [5.74, 6) is 0.652. The van der Waals surface area contributed by atoms with Crippen LogP contribution in [0.1, 0.15) is 18.1 Å². The monoisotopic (exact) mass is 437 g/mol. The minimum atomic E-state index is -0.251.